The zero-order valence-corrected chi connectivity index (χ0v) is 11.1. The van der Waals surface area contributed by atoms with Crippen LogP contribution in [-0.4, -0.2) is 36.1 Å². The van der Waals surface area contributed by atoms with Crippen LogP contribution in [0.3, 0.4) is 0 Å². The summed E-state index contributed by atoms with van der Waals surface area (Å²) in [7, 11) is 0. The number of halogens is 2. The van der Waals surface area contributed by atoms with Gasteiger partial charge in [0.05, 0.1) is 17.8 Å². The summed E-state index contributed by atoms with van der Waals surface area (Å²) in [5.74, 6) is -0.881. The van der Waals surface area contributed by atoms with E-state index in [2.05, 4.69) is 0 Å². The van der Waals surface area contributed by atoms with Gasteiger partial charge in [0.15, 0.2) is 0 Å². The maximum absolute atomic E-state index is 13.6. The molecule has 1 heterocycles. The molecule has 0 spiro atoms. The molecule has 1 aliphatic heterocycles. The van der Waals surface area contributed by atoms with Crippen molar-refractivity contribution in [1.82, 2.24) is 4.90 Å². The van der Waals surface area contributed by atoms with Crippen molar-refractivity contribution < 1.29 is 13.9 Å². The van der Waals surface area contributed by atoms with E-state index in [0.29, 0.717) is 18.1 Å². The Morgan fingerprint density at radius 3 is 2.61 bits per heavy atom. The number of rotatable bonds is 1. The van der Waals surface area contributed by atoms with Crippen molar-refractivity contribution in [3.63, 3.8) is 0 Å². The molecule has 2 atom stereocenters. The number of carbonyl (C=O) groups excluding carboxylic acids is 1. The highest BCUT2D eigenvalue weighted by molar-refractivity contribution is 6.31. The molecule has 0 aliphatic carbocycles. The SMILES string of the molecule is C[C@H]1CN(C(=O)c2cc(Cl)ccc2F)C[C@H](C)O1. The van der Waals surface area contributed by atoms with Crippen LogP contribution in [0.1, 0.15) is 24.2 Å². The molecule has 3 nitrogen and oxygen atoms in total. The third-order valence-electron chi connectivity index (χ3n) is 2.87. The maximum atomic E-state index is 13.6. The van der Waals surface area contributed by atoms with Gasteiger partial charge in [-0.2, -0.15) is 0 Å². The first kappa shape index (κ1) is 13.3. The first-order valence-electron chi connectivity index (χ1n) is 5.87. The number of ether oxygens (including phenoxy) is 1. The molecular weight excluding hydrogens is 257 g/mol. The summed E-state index contributed by atoms with van der Waals surface area (Å²) in [5, 5.41) is 0.356. The molecule has 1 amide bonds. The minimum absolute atomic E-state index is 0.0174. The van der Waals surface area contributed by atoms with Gasteiger partial charge in [-0.1, -0.05) is 11.6 Å². The third-order valence-corrected chi connectivity index (χ3v) is 3.10. The van der Waals surface area contributed by atoms with Gasteiger partial charge >= 0.3 is 0 Å². The lowest BCUT2D eigenvalue weighted by Crippen LogP contribution is -2.48. The molecule has 18 heavy (non-hydrogen) atoms. The summed E-state index contributed by atoms with van der Waals surface area (Å²) in [5.41, 5.74) is 0.0174. The fourth-order valence-electron chi connectivity index (χ4n) is 2.18. The lowest BCUT2D eigenvalue weighted by atomic mass is 10.1. The van der Waals surface area contributed by atoms with E-state index >= 15 is 0 Å². The van der Waals surface area contributed by atoms with E-state index in [1.807, 2.05) is 13.8 Å². The summed E-state index contributed by atoms with van der Waals surface area (Å²) < 4.78 is 19.2. The molecule has 0 unspecified atom stereocenters. The molecule has 1 aromatic carbocycles. The number of amides is 1. The fraction of sp³-hybridized carbons (Fsp3) is 0.462. The van der Waals surface area contributed by atoms with Gasteiger partial charge in [0.1, 0.15) is 5.82 Å². The fourth-order valence-corrected chi connectivity index (χ4v) is 2.35. The number of nitrogens with zero attached hydrogens (tertiary/aromatic N) is 1. The third kappa shape index (κ3) is 2.82. The number of benzene rings is 1. The number of morpholine rings is 1. The lowest BCUT2D eigenvalue weighted by Gasteiger charge is -2.35. The van der Waals surface area contributed by atoms with Gasteiger partial charge in [-0.25, -0.2) is 4.39 Å². The van der Waals surface area contributed by atoms with Crippen LogP contribution in [0.25, 0.3) is 0 Å². The molecule has 1 aliphatic rings. The standard InChI is InChI=1S/C13H15ClFNO2/c1-8-6-16(7-9(2)18-8)13(17)11-5-10(14)3-4-12(11)15/h3-5,8-9H,6-7H2,1-2H3/t8-,9-/m0/s1. The Kier molecular flexibility index (Phi) is 3.88. The van der Waals surface area contributed by atoms with Crippen LogP contribution in [0.2, 0.25) is 5.02 Å². The van der Waals surface area contributed by atoms with Crippen LogP contribution in [0.15, 0.2) is 18.2 Å². The summed E-state index contributed by atoms with van der Waals surface area (Å²) in [6.07, 6.45) is -0.0834. The Morgan fingerprint density at radius 1 is 1.39 bits per heavy atom. The summed E-state index contributed by atoms with van der Waals surface area (Å²) >= 11 is 5.80. The van der Waals surface area contributed by atoms with Gasteiger partial charge in [0.25, 0.3) is 5.91 Å². The number of carbonyl (C=O) groups is 1. The molecule has 98 valence electrons. The van der Waals surface area contributed by atoms with Gasteiger partial charge < -0.3 is 9.64 Å². The van der Waals surface area contributed by atoms with Crippen LogP contribution >= 0.6 is 11.6 Å². The van der Waals surface area contributed by atoms with Crippen molar-refractivity contribution in [2.24, 2.45) is 0 Å². The molecule has 2 rings (SSSR count). The van der Waals surface area contributed by atoms with Gasteiger partial charge in [-0.05, 0) is 32.0 Å². The smallest absolute Gasteiger partial charge is 0.257 e. The van der Waals surface area contributed by atoms with Crippen molar-refractivity contribution in [3.05, 3.63) is 34.6 Å². The summed E-state index contributed by atoms with van der Waals surface area (Å²) in [6, 6.07) is 4.01. The highest BCUT2D eigenvalue weighted by Gasteiger charge is 2.28. The molecule has 1 saturated heterocycles. The second kappa shape index (κ2) is 5.24. The minimum atomic E-state index is -0.545. The van der Waals surface area contributed by atoms with Crippen molar-refractivity contribution >= 4 is 17.5 Å². The topological polar surface area (TPSA) is 29.5 Å². The average Bonchev–Trinajstić information content (AvgIpc) is 2.30. The molecule has 5 heteroatoms. The molecule has 0 N–H and O–H groups in total. The molecule has 0 aromatic heterocycles. The van der Waals surface area contributed by atoms with Crippen LogP contribution in [0, 0.1) is 5.82 Å². The Balaban J connectivity index is 2.22. The maximum Gasteiger partial charge on any atom is 0.257 e. The Hall–Kier alpha value is -1.13. The second-order valence-corrected chi connectivity index (χ2v) is 5.03. The van der Waals surface area contributed by atoms with E-state index < -0.39 is 5.82 Å². The summed E-state index contributed by atoms with van der Waals surface area (Å²) in [6.45, 7) is 4.72. The monoisotopic (exact) mass is 271 g/mol. The quantitative estimate of drug-likeness (QED) is 0.786. The van der Waals surface area contributed by atoms with Crippen molar-refractivity contribution in [2.45, 2.75) is 26.1 Å². The molecule has 1 aromatic rings. The highest BCUT2D eigenvalue weighted by atomic mass is 35.5. The lowest BCUT2D eigenvalue weighted by molar-refractivity contribution is -0.0587. The molecule has 1 fully saturated rings. The first-order valence-corrected chi connectivity index (χ1v) is 6.25. The van der Waals surface area contributed by atoms with Gasteiger partial charge in [-0.3, -0.25) is 4.79 Å². The van der Waals surface area contributed by atoms with E-state index in [1.54, 1.807) is 4.90 Å². The second-order valence-electron chi connectivity index (χ2n) is 4.59. The number of hydrogen-bond acceptors (Lipinski definition) is 2. The number of hydrogen-bond donors (Lipinski definition) is 0. The molecule has 0 saturated carbocycles. The van der Waals surface area contributed by atoms with E-state index in [4.69, 9.17) is 16.3 Å². The van der Waals surface area contributed by atoms with Gasteiger partial charge in [0.2, 0.25) is 0 Å². The van der Waals surface area contributed by atoms with E-state index in [0.717, 1.165) is 0 Å². The zero-order chi connectivity index (χ0) is 13.3. The highest BCUT2D eigenvalue weighted by Crippen LogP contribution is 2.19. The molecular formula is C13H15ClFNO2. The molecule has 0 bridgehead atoms. The Bertz CT molecular complexity index is 456. The predicted molar refractivity (Wildman–Crippen MR) is 67.3 cm³/mol. The van der Waals surface area contributed by atoms with Gasteiger partial charge in [-0.15, -0.1) is 0 Å². The normalized spacial score (nSPS) is 24.1. The predicted octanol–water partition coefficient (Wildman–Crippen LogP) is 2.73. The van der Waals surface area contributed by atoms with Crippen LogP contribution in [0.5, 0.6) is 0 Å². The van der Waals surface area contributed by atoms with Crippen molar-refractivity contribution in [1.29, 1.82) is 0 Å². The summed E-state index contributed by atoms with van der Waals surface area (Å²) in [4.78, 5) is 13.8. The van der Waals surface area contributed by atoms with Crippen molar-refractivity contribution in [2.75, 3.05) is 13.1 Å². The van der Waals surface area contributed by atoms with Crippen LogP contribution in [0.4, 0.5) is 4.39 Å². The van der Waals surface area contributed by atoms with Crippen LogP contribution in [-0.2, 0) is 4.74 Å². The van der Waals surface area contributed by atoms with Crippen molar-refractivity contribution in [3.8, 4) is 0 Å². The molecule has 0 radical (unpaired) electrons. The van der Waals surface area contributed by atoms with E-state index in [9.17, 15) is 9.18 Å². The minimum Gasteiger partial charge on any atom is -0.372 e. The van der Waals surface area contributed by atoms with Crippen LogP contribution < -0.4 is 0 Å². The average molecular weight is 272 g/mol. The Labute approximate surface area is 110 Å². The van der Waals surface area contributed by atoms with E-state index in [-0.39, 0.29) is 23.7 Å². The Morgan fingerprint density at radius 2 is 2.00 bits per heavy atom. The largest absolute Gasteiger partial charge is 0.372 e. The van der Waals surface area contributed by atoms with Gasteiger partial charge in [0, 0.05) is 18.1 Å². The van der Waals surface area contributed by atoms with E-state index in [1.165, 1.54) is 18.2 Å². The first-order chi connectivity index (χ1) is 8.47. The zero-order valence-electron chi connectivity index (χ0n) is 10.3.